The lowest BCUT2D eigenvalue weighted by molar-refractivity contribution is -0.118. The molecule has 1 amide bonds. The van der Waals surface area contributed by atoms with Gasteiger partial charge in [0.05, 0.1) is 25.2 Å². The third-order valence-corrected chi connectivity index (χ3v) is 12.8. The molecule has 1 saturated heterocycles. The summed E-state index contributed by atoms with van der Waals surface area (Å²) in [6.45, 7) is 8.37. The molecule has 0 spiro atoms. The van der Waals surface area contributed by atoms with Gasteiger partial charge in [0.2, 0.25) is 5.91 Å². The number of nitrogens with one attached hydrogen (secondary N) is 2. The smallest absolute Gasteiger partial charge is 0.330 e. The molecule has 4 rings (SSSR count). The third-order valence-electron chi connectivity index (χ3n) is 7.39. The molecule has 2 heterocycles. The van der Waals surface area contributed by atoms with Crippen molar-refractivity contribution >= 4 is 36.4 Å². The van der Waals surface area contributed by atoms with Crippen LogP contribution in [0.1, 0.15) is 45.9 Å². The van der Waals surface area contributed by atoms with Crippen LogP contribution >= 0.6 is 11.8 Å². The Hall–Kier alpha value is -3.40. The maximum atomic E-state index is 12.9. The summed E-state index contributed by atoms with van der Waals surface area (Å²) in [6, 6.07) is 20.7. The molecule has 1 aromatic heterocycles. The number of hydrogen-bond donors (Lipinski definition) is 2. The van der Waals surface area contributed by atoms with Gasteiger partial charge in [0, 0.05) is 19.5 Å². The van der Waals surface area contributed by atoms with E-state index in [-0.39, 0.29) is 35.8 Å². The molecule has 9 nitrogen and oxygen atoms in total. The molecule has 43 heavy (non-hydrogen) atoms. The van der Waals surface area contributed by atoms with Crippen LogP contribution in [0.2, 0.25) is 5.04 Å². The summed E-state index contributed by atoms with van der Waals surface area (Å²) >= 11 is 1.56. The van der Waals surface area contributed by atoms with Crippen LogP contribution in [0, 0.1) is 11.8 Å². The molecular formula is C32H39N3O6SSi. The van der Waals surface area contributed by atoms with Crippen molar-refractivity contribution in [3.05, 3.63) is 93.3 Å². The van der Waals surface area contributed by atoms with Crippen LogP contribution < -0.4 is 26.9 Å². The maximum absolute atomic E-state index is 12.9. The second-order valence-electron chi connectivity index (χ2n) is 11.4. The zero-order valence-corrected chi connectivity index (χ0v) is 27.0. The standard InChI is InChI=1S/C32H39N3O6SSi/c1-23(36)33-18-12-13-24-20-35(31(38)34-30(24)37)29-19-27(39-22-42-5)28(41-29)21-40-43(32(2,3)4,25-14-8-6-9-15-25)26-16-10-7-11-17-26/h6-11,14-17,20,27-29H,18-19,21-22H2,1-5H3,(H,33,36)(H,34,37,38)/t27?,28-,29-/m1/s1. The van der Waals surface area contributed by atoms with E-state index in [9.17, 15) is 14.4 Å². The minimum atomic E-state index is -2.84. The molecule has 0 radical (unpaired) electrons. The van der Waals surface area contributed by atoms with Crippen molar-refractivity contribution in [2.24, 2.45) is 0 Å². The SMILES string of the molecule is CSCOC1C[C@H](n2cc(C#CCNC(C)=O)c(=O)[nH]c2=O)O[C@@H]1CO[Si](c1ccccc1)(c1ccccc1)C(C)(C)C. The molecule has 3 atom stereocenters. The highest BCUT2D eigenvalue weighted by molar-refractivity contribution is 7.98. The number of aromatic nitrogens is 2. The summed E-state index contributed by atoms with van der Waals surface area (Å²) < 4.78 is 21.1. The minimum Gasteiger partial charge on any atom is -0.405 e. The fraction of sp³-hybridized carbons (Fsp3) is 0.406. The van der Waals surface area contributed by atoms with Crippen LogP contribution in [0.4, 0.5) is 0 Å². The first-order chi connectivity index (χ1) is 20.6. The number of nitrogens with zero attached hydrogens (tertiary/aromatic N) is 1. The van der Waals surface area contributed by atoms with Crippen molar-refractivity contribution in [1.82, 2.24) is 14.9 Å². The van der Waals surface area contributed by atoms with Gasteiger partial charge in [0.1, 0.15) is 17.9 Å². The molecule has 0 bridgehead atoms. The Morgan fingerprint density at radius 2 is 1.74 bits per heavy atom. The zero-order chi connectivity index (χ0) is 31.0. The Morgan fingerprint density at radius 1 is 1.12 bits per heavy atom. The van der Waals surface area contributed by atoms with Gasteiger partial charge >= 0.3 is 5.69 Å². The lowest BCUT2D eigenvalue weighted by atomic mass is 10.2. The molecule has 2 N–H and O–H groups in total. The molecule has 11 heteroatoms. The van der Waals surface area contributed by atoms with E-state index in [1.54, 1.807) is 11.8 Å². The fourth-order valence-corrected chi connectivity index (χ4v) is 10.3. The summed E-state index contributed by atoms with van der Waals surface area (Å²) in [7, 11) is -2.84. The number of thioether (sulfide) groups is 1. The number of amides is 1. The van der Waals surface area contributed by atoms with Gasteiger partial charge in [-0.3, -0.25) is 19.1 Å². The van der Waals surface area contributed by atoms with Crippen molar-refractivity contribution in [3.63, 3.8) is 0 Å². The van der Waals surface area contributed by atoms with Crippen LogP contribution in [0.3, 0.4) is 0 Å². The molecule has 1 unspecified atom stereocenters. The number of aromatic amines is 1. The lowest BCUT2D eigenvalue weighted by Gasteiger charge is -2.43. The van der Waals surface area contributed by atoms with Crippen LogP contribution in [0.5, 0.6) is 0 Å². The Kier molecular flexibility index (Phi) is 10.9. The average Bonchev–Trinajstić information content (AvgIpc) is 3.38. The average molecular weight is 622 g/mol. The van der Waals surface area contributed by atoms with Crippen molar-refractivity contribution in [1.29, 1.82) is 0 Å². The number of benzene rings is 2. The van der Waals surface area contributed by atoms with E-state index in [2.05, 4.69) is 67.2 Å². The predicted octanol–water partition coefficient (Wildman–Crippen LogP) is 2.59. The van der Waals surface area contributed by atoms with E-state index < -0.39 is 31.9 Å². The number of ether oxygens (including phenoxy) is 2. The van der Waals surface area contributed by atoms with E-state index in [0.29, 0.717) is 12.4 Å². The molecule has 228 valence electrons. The van der Waals surface area contributed by atoms with Gasteiger partial charge in [-0.15, -0.1) is 11.8 Å². The number of carbonyl (C=O) groups excluding carboxylic acids is 1. The van der Waals surface area contributed by atoms with Gasteiger partial charge in [-0.05, 0) is 21.7 Å². The highest BCUT2D eigenvalue weighted by atomic mass is 32.2. The molecular weight excluding hydrogens is 583 g/mol. The first-order valence-electron chi connectivity index (χ1n) is 14.2. The van der Waals surface area contributed by atoms with Gasteiger partial charge in [0.25, 0.3) is 13.9 Å². The number of rotatable bonds is 10. The molecule has 2 aromatic carbocycles. The second kappa shape index (κ2) is 14.4. The number of hydrogen-bond acceptors (Lipinski definition) is 7. The van der Waals surface area contributed by atoms with E-state index in [4.69, 9.17) is 13.9 Å². The van der Waals surface area contributed by atoms with Gasteiger partial charge in [0.15, 0.2) is 0 Å². The highest BCUT2D eigenvalue weighted by Gasteiger charge is 2.51. The minimum absolute atomic E-state index is 0.0834. The monoisotopic (exact) mass is 621 g/mol. The molecule has 1 aliphatic rings. The summed E-state index contributed by atoms with van der Waals surface area (Å²) in [4.78, 5) is 38.8. The lowest BCUT2D eigenvalue weighted by Crippen LogP contribution is -2.67. The fourth-order valence-electron chi connectivity index (χ4n) is 5.42. The van der Waals surface area contributed by atoms with Crippen molar-refractivity contribution in [3.8, 4) is 11.8 Å². The van der Waals surface area contributed by atoms with Crippen LogP contribution in [0.25, 0.3) is 0 Å². The van der Waals surface area contributed by atoms with Crippen LogP contribution in [-0.4, -0.2) is 61.3 Å². The Labute approximate surface area is 257 Å². The number of carbonyl (C=O) groups is 1. The molecule has 1 fully saturated rings. The molecule has 3 aromatic rings. The van der Waals surface area contributed by atoms with Crippen molar-refractivity contribution in [2.75, 3.05) is 25.3 Å². The van der Waals surface area contributed by atoms with Gasteiger partial charge in [-0.1, -0.05) is 93.3 Å². The summed E-state index contributed by atoms with van der Waals surface area (Å²) in [6.07, 6.45) is 2.25. The Balaban J connectivity index is 1.66. The highest BCUT2D eigenvalue weighted by Crippen LogP contribution is 2.38. The predicted molar refractivity (Wildman–Crippen MR) is 172 cm³/mol. The van der Waals surface area contributed by atoms with Crippen molar-refractivity contribution < 1.29 is 18.7 Å². The maximum Gasteiger partial charge on any atom is 0.330 e. The quantitative estimate of drug-likeness (QED) is 0.203. The normalized spacial score (nSPS) is 18.6. The topological polar surface area (TPSA) is 112 Å². The largest absolute Gasteiger partial charge is 0.405 e. The first kappa shape index (κ1) is 32.5. The molecule has 0 aliphatic carbocycles. The Bertz CT molecular complexity index is 1520. The van der Waals surface area contributed by atoms with Gasteiger partial charge < -0.3 is 19.2 Å². The van der Waals surface area contributed by atoms with Crippen molar-refractivity contribution in [2.45, 2.75) is 57.6 Å². The summed E-state index contributed by atoms with van der Waals surface area (Å²) in [5.74, 6) is 5.70. The van der Waals surface area contributed by atoms with Gasteiger partial charge in [-0.25, -0.2) is 4.79 Å². The van der Waals surface area contributed by atoms with E-state index in [0.717, 1.165) is 10.4 Å². The van der Waals surface area contributed by atoms with Crippen LogP contribution in [-0.2, 0) is 18.7 Å². The first-order valence-corrected chi connectivity index (χ1v) is 17.5. The van der Waals surface area contributed by atoms with Gasteiger partial charge in [-0.2, -0.15) is 0 Å². The second-order valence-corrected chi connectivity index (χ2v) is 16.5. The van der Waals surface area contributed by atoms with Crippen LogP contribution in [0.15, 0.2) is 76.4 Å². The summed E-state index contributed by atoms with van der Waals surface area (Å²) in [5, 5.41) is 4.66. The van der Waals surface area contributed by atoms with E-state index in [1.165, 1.54) is 17.7 Å². The Morgan fingerprint density at radius 3 is 2.30 bits per heavy atom. The van der Waals surface area contributed by atoms with E-state index >= 15 is 0 Å². The third kappa shape index (κ3) is 7.58. The molecule has 0 saturated carbocycles. The summed E-state index contributed by atoms with van der Waals surface area (Å²) in [5.41, 5.74) is -1.10. The molecule has 1 aliphatic heterocycles. The van der Waals surface area contributed by atoms with E-state index in [1.807, 2.05) is 42.7 Å². The number of H-pyrrole nitrogens is 1. The zero-order valence-electron chi connectivity index (χ0n) is 25.2.